The van der Waals surface area contributed by atoms with Crippen molar-refractivity contribution in [1.82, 2.24) is 25.8 Å². The van der Waals surface area contributed by atoms with Gasteiger partial charge in [-0.1, -0.05) is 60.1 Å². The number of likely N-dealkylation sites (N-methyl/N-ethyl adjacent to an activating group) is 2. The molecular formula is C38H60N6O10S. The van der Waals surface area contributed by atoms with Gasteiger partial charge in [-0.2, -0.15) is 11.8 Å². The van der Waals surface area contributed by atoms with Crippen molar-refractivity contribution >= 4 is 65.7 Å². The standard InChI is InChI=1S/C38H60N6O10S/c1-10-26(6)35(29(53-9)16-18-46)43(7)32(49)21-40-37(51)34(25(4)5)44(8)38(52)54-22-27-12-14-28(15-13-27)41-30(47)20-39-36(50)33(24(2)3)42-31(48)23-55-19-11-17-45/h12-15,17-18,24-26,29,33-35H,10-11,16,19-23H2,1-9H3,(H,39,50)(H,40,51)(H,41,47)(H,42,48). The minimum absolute atomic E-state index is 0.0239. The highest BCUT2D eigenvalue weighted by Gasteiger charge is 2.34. The van der Waals surface area contributed by atoms with Crippen LogP contribution in [0.4, 0.5) is 10.5 Å². The molecule has 0 radical (unpaired) electrons. The molecule has 0 fully saturated rings. The summed E-state index contributed by atoms with van der Waals surface area (Å²) in [5.74, 6) is -2.17. The Morgan fingerprint density at radius 3 is 2.02 bits per heavy atom. The van der Waals surface area contributed by atoms with Gasteiger partial charge in [0.1, 0.15) is 31.3 Å². The Kier molecular flexibility index (Phi) is 22.5. The van der Waals surface area contributed by atoms with Crippen LogP contribution < -0.4 is 21.3 Å². The first-order valence-electron chi connectivity index (χ1n) is 18.4. The maximum atomic E-state index is 13.3. The second-order valence-corrected chi connectivity index (χ2v) is 15.0. The molecule has 0 saturated carbocycles. The van der Waals surface area contributed by atoms with Gasteiger partial charge in [0.05, 0.1) is 31.0 Å². The van der Waals surface area contributed by atoms with E-state index in [1.165, 1.54) is 35.7 Å². The summed E-state index contributed by atoms with van der Waals surface area (Å²) >= 11 is 1.29. The molecule has 0 aliphatic rings. The van der Waals surface area contributed by atoms with Gasteiger partial charge in [-0.05, 0) is 35.4 Å². The number of methoxy groups -OCH3 is 1. The number of hydrogen-bond donors (Lipinski definition) is 4. The van der Waals surface area contributed by atoms with Crippen molar-refractivity contribution in [3.8, 4) is 0 Å². The van der Waals surface area contributed by atoms with Crippen molar-refractivity contribution in [3.05, 3.63) is 29.8 Å². The Balaban J connectivity index is 2.71. The number of aldehydes is 2. The molecule has 1 rings (SSSR count). The average molecular weight is 793 g/mol. The van der Waals surface area contributed by atoms with Gasteiger partial charge in [-0.25, -0.2) is 4.79 Å². The maximum Gasteiger partial charge on any atom is 0.410 e. The van der Waals surface area contributed by atoms with Crippen molar-refractivity contribution in [2.75, 3.05) is 51.1 Å². The van der Waals surface area contributed by atoms with E-state index in [9.17, 15) is 38.4 Å². The lowest BCUT2D eigenvalue weighted by atomic mass is 9.91. The molecule has 0 heterocycles. The van der Waals surface area contributed by atoms with Crippen LogP contribution in [0.25, 0.3) is 0 Å². The quantitative estimate of drug-likeness (QED) is 0.0835. The molecule has 0 bridgehead atoms. The maximum absolute atomic E-state index is 13.3. The molecule has 55 heavy (non-hydrogen) atoms. The largest absolute Gasteiger partial charge is 0.445 e. The SMILES string of the molecule is CCC(C)C(C(CC=O)OC)N(C)C(=O)CNC(=O)C(C(C)C)N(C)C(=O)OCc1ccc(NC(=O)CNC(=O)C(NC(=O)CSCCC=O)C(C)C)cc1. The lowest BCUT2D eigenvalue weighted by molar-refractivity contribution is -0.139. The summed E-state index contributed by atoms with van der Waals surface area (Å²) in [4.78, 5) is 101. The predicted octanol–water partition coefficient (Wildman–Crippen LogP) is 2.39. The number of anilines is 1. The smallest absolute Gasteiger partial charge is 0.410 e. The van der Waals surface area contributed by atoms with Gasteiger partial charge < -0.3 is 45.2 Å². The summed E-state index contributed by atoms with van der Waals surface area (Å²) in [6.45, 7) is 10.2. The van der Waals surface area contributed by atoms with Crippen molar-refractivity contribution in [2.24, 2.45) is 17.8 Å². The number of nitrogens with zero attached hydrogens (tertiary/aromatic N) is 2. The van der Waals surface area contributed by atoms with Crippen molar-refractivity contribution in [3.63, 3.8) is 0 Å². The van der Waals surface area contributed by atoms with E-state index in [2.05, 4.69) is 21.3 Å². The van der Waals surface area contributed by atoms with Crippen LogP contribution in [0, 0.1) is 17.8 Å². The van der Waals surface area contributed by atoms with Crippen LogP contribution in [0.15, 0.2) is 24.3 Å². The van der Waals surface area contributed by atoms with Crippen LogP contribution >= 0.6 is 11.8 Å². The third-order valence-corrected chi connectivity index (χ3v) is 9.99. The highest BCUT2D eigenvalue weighted by atomic mass is 32.2. The minimum Gasteiger partial charge on any atom is -0.445 e. The molecular weight excluding hydrogens is 733 g/mol. The molecule has 1 aromatic rings. The molecule has 4 N–H and O–H groups in total. The van der Waals surface area contributed by atoms with Gasteiger partial charge in [0.15, 0.2) is 0 Å². The van der Waals surface area contributed by atoms with Gasteiger partial charge in [-0.3, -0.25) is 28.9 Å². The van der Waals surface area contributed by atoms with Gasteiger partial charge in [0.2, 0.25) is 29.5 Å². The first-order chi connectivity index (χ1) is 26.0. The van der Waals surface area contributed by atoms with Crippen LogP contribution in [0.2, 0.25) is 0 Å². The third-order valence-electron chi connectivity index (χ3n) is 9.00. The number of thioether (sulfide) groups is 1. The topological polar surface area (TPSA) is 210 Å². The van der Waals surface area contributed by atoms with E-state index in [1.807, 2.05) is 13.8 Å². The summed E-state index contributed by atoms with van der Waals surface area (Å²) < 4.78 is 11.0. The van der Waals surface area contributed by atoms with E-state index >= 15 is 0 Å². The predicted molar refractivity (Wildman–Crippen MR) is 210 cm³/mol. The molecule has 6 amide bonds. The average Bonchev–Trinajstić information content (AvgIpc) is 3.15. The van der Waals surface area contributed by atoms with Gasteiger partial charge in [-0.15, -0.1) is 0 Å². The Hall–Kier alpha value is -4.51. The van der Waals surface area contributed by atoms with Gasteiger partial charge in [0, 0.05) is 45.5 Å². The van der Waals surface area contributed by atoms with Crippen LogP contribution in [-0.4, -0.2) is 128 Å². The zero-order valence-electron chi connectivity index (χ0n) is 33.5. The van der Waals surface area contributed by atoms with Crippen molar-refractivity contribution in [2.45, 2.75) is 91.6 Å². The molecule has 17 heteroatoms. The molecule has 0 saturated heterocycles. The third kappa shape index (κ3) is 16.8. The van der Waals surface area contributed by atoms with Crippen molar-refractivity contribution in [1.29, 1.82) is 0 Å². The molecule has 0 aromatic heterocycles. The summed E-state index contributed by atoms with van der Waals surface area (Å²) in [7, 11) is 4.54. The zero-order valence-corrected chi connectivity index (χ0v) is 34.4. The van der Waals surface area contributed by atoms with Gasteiger partial charge in [0.25, 0.3) is 0 Å². The van der Waals surface area contributed by atoms with Crippen molar-refractivity contribution < 1.29 is 47.8 Å². The van der Waals surface area contributed by atoms with Crippen LogP contribution in [0.5, 0.6) is 0 Å². The Morgan fingerprint density at radius 2 is 1.47 bits per heavy atom. The second kappa shape index (κ2) is 25.5. The number of rotatable bonds is 25. The van der Waals surface area contributed by atoms with E-state index in [4.69, 9.17) is 9.47 Å². The number of benzene rings is 1. The Bertz CT molecular complexity index is 1430. The fourth-order valence-corrected chi connectivity index (χ4v) is 6.44. The number of carbonyl (C=O) groups excluding carboxylic acids is 8. The van der Waals surface area contributed by atoms with Crippen LogP contribution in [-0.2, 0) is 49.6 Å². The number of amides is 6. The van der Waals surface area contributed by atoms with E-state index < -0.39 is 42.0 Å². The van der Waals surface area contributed by atoms with E-state index in [0.29, 0.717) is 23.4 Å². The molecule has 0 aliphatic heterocycles. The first kappa shape index (κ1) is 48.5. The first-order valence-corrected chi connectivity index (χ1v) is 19.5. The summed E-state index contributed by atoms with van der Waals surface area (Å²) in [5, 5.41) is 10.5. The fraction of sp³-hybridized carbons (Fsp3) is 0.632. The summed E-state index contributed by atoms with van der Waals surface area (Å²) in [6.07, 6.45) is 1.47. The van der Waals surface area contributed by atoms with E-state index in [0.717, 1.165) is 19.0 Å². The summed E-state index contributed by atoms with van der Waals surface area (Å²) in [5.41, 5.74) is 1.04. The highest BCUT2D eigenvalue weighted by Crippen LogP contribution is 2.21. The van der Waals surface area contributed by atoms with E-state index in [1.54, 1.807) is 59.0 Å². The molecule has 308 valence electrons. The number of hydrogen-bond acceptors (Lipinski definition) is 11. The number of carbonyl (C=O) groups is 8. The second-order valence-electron chi connectivity index (χ2n) is 13.9. The molecule has 1 aromatic carbocycles. The molecule has 16 nitrogen and oxygen atoms in total. The fourth-order valence-electron chi connectivity index (χ4n) is 5.77. The Labute approximate surface area is 328 Å². The minimum atomic E-state index is -0.943. The van der Waals surface area contributed by atoms with Gasteiger partial charge >= 0.3 is 6.09 Å². The Morgan fingerprint density at radius 1 is 0.836 bits per heavy atom. The normalized spacial score (nSPS) is 13.7. The molecule has 0 aliphatic carbocycles. The molecule has 5 unspecified atom stereocenters. The van der Waals surface area contributed by atoms with E-state index in [-0.39, 0.29) is 67.5 Å². The van der Waals surface area contributed by atoms with Crippen LogP contribution in [0.3, 0.4) is 0 Å². The monoisotopic (exact) mass is 792 g/mol. The number of ether oxygens (including phenoxy) is 2. The zero-order chi connectivity index (χ0) is 41.7. The molecule has 5 atom stereocenters. The molecule has 0 spiro atoms. The number of nitrogens with one attached hydrogen (secondary N) is 4. The lowest BCUT2D eigenvalue weighted by Crippen LogP contribution is -2.54. The van der Waals surface area contributed by atoms with Crippen LogP contribution in [0.1, 0.15) is 66.4 Å². The lowest BCUT2D eigenvalue weighted by Gasteiger charge is -2.37. The summed E-state index contributed by atoms with van der Waals surface area (Å²) in [6, 6.07) is 4.32. The highest BCUT2D eigenvalue weighted by molar-refractivity contribution is 7.99.